The van der Waals surface area contributed by atoms with Crippen molar-refractivity contribution in [2.75, 3.05) is 0 Å². The Morgan fingerprint density at radius 3 is 2.54 bits per heavy atom. The highest BCUT2D eigenvalue weighted by Crippen LogP contribution is 2.61. The van der Waals surface area contributed by atoms with Crippen LogP contribution in [0.25, 0.3) is 10.8 Å². The molecule has 0 fully saturated rings. The summed E-state index contributed by atoms with van der Waals surface area (Å²) in [5.41, 5.74) is 5.27. The van der Waals surface area contributed by atoms with Crippen LogP contribution in [0.15, 0.2) is 84.0 Å². The molecular weight excluding hydrogens is 456 g/mol. The van der Waals surface area contributed by atoms with Crippen LogP contribution in [0.1, 0.15) is 63.0 Å². The number of para-hydroxylation sites is 1. The number of halogens is 1. The highest BCUT2D eigenvalue weighted by molar-refractivity contribution is 6.31. The number of hydrogen-bond acceptors (Lipinski definition) is 3. The molecule has 3 aromatic carbocycles. The maximum absolute atomic E-state index is 12.7. The molecule has 0 amide bonds. The molecule has 2 atom stereocenters. The molecule has 178 valence electrons. The van der Waals surface area contributed by atoms with Gasteiger partial charge in [-0.25, -0.2) is 4.79 Å². The quantitative estimate of drug-likeness (QED) is 0.145. The minimum absolute atomic E-state index is 0.201. The van der Waals surface area contributed by atoms with Crippen molar-refractivity contribution in [1.82, 2.24) is 0 Å². The number of allylic oxidation sites excluding steroid dienone is 4. The summed E-state index contributed by atoms with van der Waals surface area (Å²) < 4.78 is 12.6. The summed E-state index contributed by atoms with van der Waals surface area (Å²) in [4.78, 5) is 12.7. The van der Waals surface area contributed by atoms with Crippen LogP contribution in [0.3, 0.4) is 0 Å². The molecule has 3 nitrogen and oxygen atoms in total. The number of rotatable bonds is 7. The lowest BCUT2D eigenvalue weighted by Gasteiger charge is -2.25. The maximum atomic E-state index is 12.7. The predicted molar refractivity (Wildman–Crippen MR) is 143 cm³/mol. The van der Waals surface area contributed by atoms with E-state index in [1.54, 1.807) is 6.92 Å². The monoisotopic (exact) mass is 484 g/mol. The van der Waals surface area contributed by atoms with Gasteiger partial charge in [0.1, 0.15) is 17.2 Å². The largest absolute Gasteiger partial charge is 0.456 e. The number of hydrogen-bond donors (Lipinski definition) is 0. The molecule has 0 saturated heterocycles. The van der Waals surface area contributed by atoms with Crippen LogP contribution in [0.2, 0.25) is 5.02 Å². The van der Waals surface area contributed by atoms with E-state index in [0.29, 0.717) is 16.3 Å². The van der Waals surface area contributed by atoms with Gasteiger partial charge in [-0.1, -0.05) is 59.7 Å². The van der Waals surface area contributed by atoms with Gasteiger partial charge in [-0.15, -0.1) is 0 Å². The first-order chi connectivity index (χ1) is 16.8. The fraction of sp³-hybridized carbons (Fsp3) is 0.258. The van der Waals surface area contributed by atoms with Crippen molar-refractivity contribution >= 4 is 28.3 Å². The summed E-state index contributed by atoms with van der Waals surface area (Å²) in [6, 6.07) is 15.4. The van der Waals surface area contributed by atoms with Gasteiger partial charge in [0.15, 0.2) is 0 Å². The lowest BCUT2D eigenvalue weighted by molar-refractivity contribution is -0.130. The molecule has 35 heavy (non-hydrogen) atoms. The van der Waals surface area contributed by atoms with Crippen molar-refractivity contribution < 1.29 is 14.3 Å². The van der Waals surface area contributed by atoms with Crippen LogP contribution in [0.4, 0.5) is 0 Å². The van der Waals surface area contributed by atoms with Crippen molar-refractivity contribution in [2.24, 2.45) is 0 Å². The first kappa shape index (κ1) is 23.4. The van der Waals surface area contributed by atoms with Crippen LogP contribution >= 0.6 is 11.6 Å². The van der Waals surface area contributed by atoms with Gasteiger partial charge in [-0.05, 0) is 70.4 Å². The van der Waals surface area contributed by atoms with Crippen molar-refractivity contribution in [3.63, 3.8) is 0 Å². The lowest BCUT2D eigenvalue weighted by atomic mass is 9.85. The summed E-state index contributed by atoms with van der Waals surface area (Å²) in [5, 5.41) is 2.27. The average molecular weight is 485 g/mol. The van der Waals surface area contributed by atoms with E-state index in [9.17, 15) is 4.79 Å². The minimum atomic E-state index is -0.418. The molecule has 2 aliphatic carbocycles. The Morgan fingerprint density at radius 2 is 1.83 bits per heavy atom. The number of benzene rings is 3. The molecule has 5 rings (SSSR count). The van der Waals surface area contributed by atoms with Crippen LogP contribution in [0.5, 0.6) is 17.2 Å². The van der Waals surface area contributed by atoms with Gasteiger partial charge in [0.05, 0.1) is 0 Å². The topological polar surface area (TPSA) is 35.5 Å². The average Bonchev–Trinajstić information content (AvgIpc) is 3.40. The van der Waals surface area contributed by atoms with Crippen molar-refractivity contribution in [1.29, 1.82) is 0 Å². The van der Waals surface area contributed by atoms with Crippen LogP contribution in [0, 0.1) is 0 Å². The van der Waals surface area contributed by atoms with E-state index in [-0.39, 0.29) is 11.8 Å². The van der Waals surface area contributed by atoms with Gasteiger partial charge in [0, 0.05) is 44.3 Å². The Bertz CT molecular complexity index is 1390. The normalized spacial score (nSPS) is 17.7. The van der Waals surface area contributed by atoms with Crippen LogP contribution in [-0.4, -0.2) is 5.97 Å². The molecule has 4 heteroatoms. The fourth-order valence-electron chi connectivity index (χ4n) is 5.29. The van der Waals surface area contributed by atoms with Gasteiger partial charge in [-0.2, -0.15) is 0 Å². The summed E-state index contributed by atoms with van der Waals surface area (Å²) in [6.45, 7) is 9.72. The summed E-state index contributed by atoms with van der Waals surface area (Å²) in [6.07, 6.45) is 7.64. The molecule has 2 aliphatic rings. The zero-order valence-electron chi connectivity index (χ0n) is 20.4. The summed E-state index contributed by atoms with van der Waals surface area (Å²) in [7, 11) is 0. The van der Waals surface area contributed by atoms with E-state index in [1.807, 2.05) is 48.5 Å². The van der Waals surface area contributed by atoms with E-state index in [0.717, 1.165) is 52.7 Å². The molecular formula is C31H29ClO3. The molecule has 0 heterocycles. The molecule has 3 aromatic rings. The second-order valence-corrected chi connectivity index (χ2v) is 10.2. The van der Waals surface area contributed by atoms with Gasteiger partial charge in [-0.3, -0.25) is 0 Å². The Balaban J connectivity index is 1.71. The number of esters is 1. The number of carbonyl (C=O) groups excluding carboxylic acids is 1. The molecule has 0 aromatic heterocycles. The SMILES string of the molecule is C=C(C)C(=O)Oc1c2c(c(Oc3ccccc3)c3cc(Cl)ccc13)C1C=C(CCC=C(C)C)C2C1. The van der Waals surface area contributed by atoms with Gasteiger partial charge < -0.3 is 9.47 Å². The second kappa shape index (κ2) is 9.39. The molecule has 0 N–H and O–H groups in total. The van der Waals surface area contributed by atoms with E-state index >= 15 is 0 Å². The number of fused-ring (bicyclic) bond motifs is 6. The first-order valence-electron chi connectivity index (χ1n) is 12.1. The van der Waals surface area contributed by atoms with Crippen LogP contribution in [-0.2, 0) is 4.79 Å². The molecule has 2 unspecified atom stereocenters. The molecule has 0 spiro atoms. The summed E-state index contributed by atoms with van der Waals surface area (Å²) >= 11 is 6.44. The Kier molecular flexibility index (Phi) is 6.29. The first-order valence-corrected chi connectivity index (χ1v) is 12.4. The molecule has 0 saturated carbocycles. The standard InChI is InChI=1S/C31H29ClO3/c1-18(2)9-8-10-20-15-21-16-25(20)28-27(21)30(34-23-11-6-5-7-12-23)26-17-22(32)13-14-24(26)29(28)35-31(33)19(3)4/h5-7,9,11-15,17,21,25H,3,8,10,16H2,1-2,4H3. The van der Waals surface area contributed by atoms with Crippen LogP contribution < -0.4 is 9.47 Å². The minimum Gasteiger partial charge on any atom is -0.456 e. The fourth-order valence-corrected chi connectivity index (χ4v) is 5.47. The molecule has 0 aliphatic heterocycles. The molecule has 2 bridgehead atoms. The van der Waals surface area contributed by atoms with Crippen molar-refractivity contribution in [3.05, 3.63) is 100 Å². The summed E-state index contributed by atoms with van der Waals surface area (Å²) in [5.74, 6) is 2.16. The van der Waals surface area contributed by atoms with E-state index in [1.165, 1.54) is 11.1 Å². The van der Waals surface area contributed by atoms with Gasteiger partial charge >= 0.3 is 5.97 Å². The maximum Gasteiger partial charge on any atom is 0.338 e. The number of ether oxygens (including phenoxy) is 2. The number of carbonyl (C=O) groups is 1. The second-order valence-electron chi connectivity index (χ2n) is 9.72. The molecule has 0 radical (unpaired) electrons. The smallest absolute Gasteiger partial charge is 0.338 e. The predicted octanol–water partition coefficient (Wildman–Crippen LogP) is 9.02. The zero-order chi connectivity index (χ0) is 24.7. The third-order valence-electron chi connectivity index (χ3n) is 6.81. The van der Waals surface area contributed by atoms with E-state index < -0.39 is 5.97 Å². The highest BCUT2D eigenvalue weighted by atomic mass is 35.5. The zero-order valence-corrected chi connectivity index (χ0v) is 21.1. The third kappa shape index (κ3) is 4.41. The van der Waals surface area contributed by atoms with Crippen molar-refractivity contribution in [3.8, 4) is 17.2 Å². The Hall–Kier alpha value is -3.30. The third-order valence-corrected chi connectivity index (χ3v) is 7.05. The highest BCUT2D eigenvalue weighted by Gasteiger charge is 2.43. The van der Waals surface area contributed by atoms with E-state index in [2.05, 4.69) is 32.6 Å². The Morgan fingerprint density at radius 1 is 1.06 bits per heavy atom. The Labute approximate surface area is 211 Å². The lowest BCUT2D eigenvalue weighted by Crippen LogP contribution is -2.13. The van der Waals surface area contributed by atoms with Crippen molar-refractivity contribution in [2.45, 2.75) is 51.9 Å². The van der Waals surface area contributed by atoms with Gasteiger partial charge in [0.25, 0.3) is 0 Å². The van der Waals surface area contributed by atoms with Gasteiger partial charge in [0.2, 0.25) is 0 Å². The van der Waals surface area contributed by atoms with E-state index in [4.69, 9.17) is 21.1 Å².